The van der Waals surface area contributed by atoms with E-state index in [1.54, 1.807) is 0 Å². The summed E-state index contributed by atoms with van der Waals surface area (Å²) in [5.41, 5.74) is 5.51. The summed E-state index contributed by atoms with van der Waals surface area (Å²) in [6.45, 7) is 5.34. The number of para-hydroxylation sites is 1. The van der Waals surface area contributed by atoms with Crippen LogP contribution in [0.3, 0.4) is 0 Å². The van der Waals surface area contributed by atoms with Gasteiger partial charge in [0, 0.05) is 17.8 Å². The molecule has 1 aromatic rings. The van der Waals surface area contributed by atoms with Gasteiger partial charge in [0.05, 0.1) is 0 Å². The van der Waals surface area contributed by atoms with Crippen molar-refractivity contribution in [1.82, 2.24) is 0 Å². The van der Waals surface area contributed by atoms with E-state index in [1.807, 2.05) is 0 Å². The Balaban J connectivity index is 2.53. The van der Waals surface area contributed by atoms with Crippen molar-refractivity contribution in [2.45, 2.75) is 20.3 Å². The van der Waals surface area contributed by atoms with E-state index >= 15 is 0 Å². The molecule has 0 aromatic heterocycles. The molecule has 0 aliphatic carbocycles. The first-order valence-corrected chi connectivity index (χ1v) is 4.82. The lowest BCUT2D eigenvalue weighted by molar-refractivity contribution is 1.11. The average Bonchev–Trinajstić information content (AvgIpc) is 2.63. The molecule has 0 saturated heterocycles. The van der Waals surface area contributed by atoms with Crippen LogP contribution in [-0.2, 0) is 6.42 Å². The molecule has 1 heterocycles. The summed E-state index contributed by atoms with van der Waals surface area (Å²) in [4.78, 5) is 0. The van der Waals surface area contributed by atoms with Gasteiger partial charge in [0.25, 0.3) is 0 Å². The molecule has 0 saturated carbocycles. The second-order valence-corrected chi connectivity index (χ2v) is 3.49. The van der Waals surface area contributed by atoms with Gasteiger partial charge >= 0.3 is 0 Å². The summed E-state index contributed by atoms with van der Waals surface area (Å²) in [5.74, 6) is 0. The van der Waals surface area contributed by atoms with Crippen LogP contribution >= 0.6 is 0 Å². The summed E-state index contributed by atoms with van der Waals surface area (Å²) in [6.07, 6.45) is 3.33. The normalized spacial score (nSPS) is 15.4. The van der Waals surface area contributed by atoms with Gasteiger partial charge in [-0.2, -0.15) is 0 Å². The van der Waals surface area contributed by atoms with Gasteiger partial charge in [-0.25, -0.2) is 0 Å². The maximum atomic E-state index is 3.44. The minimum absolute atomic E-state index is 1.09. The van der Waals surface area contributed by atoms with Crippen molar-refractivity contribution in [1.29, 1.82) is 0 Å². The van der Waals surface area contributed by atoms with Gasteiger partial charge in [0.15, 0.2) is 0 Å². The van der Waals surface area contributed by atoms with Crippen LogP contribution < -0.4 is 5.32 Å². The summed E-state index contributed by atoms with van der Waals surface area (Å²) in [6, 6.07) is 6.54. The van der Waals surface area contributed by atoms with Crippen molar-refractivity contribution < 1.29 is 0 Å². The van der Waals surface area contributed by atoms with E-state index in [1.165, 1.54) is 28.8 Å². The highest BCUT2D eigenvalue weighted by Gasteiger charge is 2.13. The molecule has 0 spiro atoms. The number of anilines is 1. The standard InChI is InChI=1S/C12H15N/c1-3-9(2)11-6-4-5-10-7-8-13-12(10)11/h3-6,13H,7-8H2,1-2H3/b9-3+. The van der Waals surface area contributed by atoms with Gasteiger partial charge in [-0.3, -0.25) is 0 Å². The summed E-state index contributed by atoms with van der Waals surface area (Å²) in [7, 11) is 0. The summed E-state index contributed by atoms with van der Waals surface area (Å²) in [5, 5.41) is 3.44. The number of nitrogens with one attached hydrogen (secondary N) is 1. The fraction of sp³-hybridized carbons (Fsp3) is 0.333. The zero-order valence-electron chi connectivity index (χ0n) is 8.22. The van der Waals surface area contributed by atoms with E-state index in [-0.39, 0.29) is 0 Å². The van der Waals surface area contributed by atoms with Gasteiger partial charge in [0.2, 0.25) is 0 Å². The Morgan fingerprint density at radius 1 is 1.46 bits per heavy atom. The minimum Gasteiger partial charge on any atom is -0.384 e. The topological polar surface area (TPSA) is 12.0 Å². The quantitative estimate of drug-likeness (QED) is 0.688. The molecule has 1 heteroatoms. The van der Waals surface area contributed by atoms with Crippen LogP contribution in [0.25, 0.3) is 5.57 Å². The molecule has 0 fully saturated rings. The Kier molecular flexibility index (Phi) is 2.09. The number of hydrogen-bond acceptors (Lipinski definition) is 1. The molecule has 1 aliphatic heterocycles. The molecule has 1 aliphatic rings. The van der Waals surface area contributed by atoms with Crippen LogP contribution in [0.1, 0.15) is 25.0 Å². The molecule has 1 N–H and O–H groups in total. The molecule has 1 nitrogen and oxygen atoms in total. The van der Waals surface area contributed by atoms with Gasteiger partial charge < -0.3 is 5.32 Å². The van der Waals surface area contributed by atoms with Crippen LogP contribution in [-0.4, -0.2) is 6.54 Å². The molecule has 0 atom stereocenters. The van der Waals surface area contributed by atoms with Crippen molar-refractivity contribution in [3.8, 4) is 0 Å². The Labute approximate surface area is 79.5 Å². The summed E-state index contributed by atoms with van der Waals surface area (Å²) < 4.78 is 0. The van der Waals surface area contributed by atoms with E-state index < -0.39 is 0 Å². The first-order valence-electron chi connectivity index (χ1n) is 4.82. The molecule has 0 radical (unpaired) electrons. The largest absolute Gasteiger partial charge is 0.384 e. The fourth-order valence-electron chi connectivity index (χ4n) is 1.82. The van der Waals surface area contributed by atoms with Crippen molar-refractivity contribution in [3.05, 3.63) is 35.4 Å². The highest BCUT2D eigenvalue weighted by Crippen LogP contribution is 2.30. The molecule has 1 aromatic carbocycles. The van der Waals surface area contributed by atoms with Crippen LogP contribution in [0.15, 0.2) is 24.3 Å². The fourth-order valence-corrected chi connectivity index (χ4v) is 1.82. The van der Waals surface area contributed by atoms with Gasteiger partial charge in [0.1, 0.15) is 0 Å². The number of benzene rings is 1. The lowest BCUT2D eigenvalue weighted by Gasteiger charge is -2.08. The number of rotatable bonds is 1. The first-order chi connectivity index (χ1) is 6.33. The lowest BCUT2D eigenvalue weighted by atomic mass is 10.0. The Hall–Kier alpha value is -1.24. The summed E-state index contributed by atoms with van der Waals surface area (Å²) >= 11 is 0. The lowest BCUT2D eigenvalue weighted by Crippen LogP contribution is -1.94. The third-order valence-corrected chi connectivity index (χ3v) is 2.70. The van der Waals surface area contributed by atoms with Crippen molar-refractivity contribution in [2.24, 2.45) is 0 Å². The van der Waals surface area contributed by atoms with Crippen LogP contribution in [0.5, 0.6) is 0 Å². The molecular weight excluding hydrogens is 158 g/mol. The SMILES string of the molecule is C/C=C(\C)c1cccc2c1NCC2. The smallest absolute Gasteiger partial charge is 0.0449 e. The first kappa shape index (κ1) is 8.36. The Morgan fingerprint density at radius 3 is 3.08 bits per heavy atom. The highest BCUT2D eigenvalue weighted by molar-refractivity contribution is 5.78. The van der Waals surface area contributed by atoms with Gasteiger partial charge in [-0.05, 0) is 31.4 Å². The minimum atomic E-state index is 1.09. The van der Waals surface area contributed by atoms with E-state index in [4.69, 9.17) is 0 Å². The van der Waals surface area contributed by atoms with Crippen LogP contribution in [0.2, 0.25) is 0 Å². The number of allylic oxidation sites excluding steroid dienone is 2. The molecule has 13 heavy (non-hydrogen) atoms. The van der Waals surface area contributed by atoms with E-state index in [0.29, 0.717) is 0 Å². The van der Waals surface area contributed by atoms with E-state index in [2.05, 4.69) is 43.4 Å². The Morgan fingerprint density at radius 2 is 2.31 bits per heavy atom. The van der Waals surface area contributed by atoms with Crippen molar-refractivity contribution >= 4 is 11.3 Å². The zero-order chi connectivity index (χ0) is 9.26. The van der Waals surface area contributed by atoms with Gasteiger partial charge in [-0.15, -0.1) is 0 Å². The third-order valence-electron chi connectivity index (χ3n) is 2.70. The monoisotopic (exact) mass is 173 g/mol. The van der Waals surface area contributed by atoms with Crippen molar-refractivity contribution in [2.75, 3.05) is 11.9 Å². The molecule has 68 valence electrons. The van der Waals surface area contributed by atoms with Crippen LogP contribution in [0, 0.1) is 0 Å². The van der Waals surface area contributed by atoms with Crippen molar-refractivity contribution in [3.63, 3.8) is 0 Å². The van der Waals surface area contributed by atoms with Crippen LogP contribution in [0.4, 0.5) is 5.69 Å². The number of fused-ring (bicyclic) bond motifs is 1. The van der Waals surface area contributed by atoms with E-state index in [0.717, 1.165) is 6.54 Å². The number of hydrogen-bond donors (Lipinski definition) is 1. The maximum Gasteiger partial charge on any atom is 0.0449 e. The Bertz CT molecular complexity index is 350. The predicted molar refractivity (Wildman–Crippen MR) is 58.0 cm³/mol. The molecular formula is C12H15N. The highest BCUT2D eigenvalue weighted by atomic mass is 14.9. The zero-order valence-corrected chi connectivity index (χ0v) is 8.22. The van der Waals surface area contributed by atoms with Gasteiger partial charge in [-0.1, -0.05) is 24.3 Å². The van der Waals surface area contributed by atoms with E-state index in [9.17, 15) is 0 Å². The second-order valence-electron chi connectivity index (χ2n) is 3.49. The molecule has 0 bridgehead atoms. The predicted octanol–water partition coefficient (Wildman–Crippen LogP) is 3.08. The second kappa shape index (κ2) is 3.25. The molecule has 0 amide bonds. The third kappa shape index (κ3) is 1.35. The average molecular weight is 173 g/mol. The molecule has 0 unspecified atom stereocenters. The molecule has 2 rings (SSSR count). The maximum absolute atomic E-state index is 3.44.